The van der Waals surface area contributed by atoms with Gasteiger partial charge in [-0.15, -0.1) is 0 Å². The molecule has 3 aliphatic heterocycles. The molecule has 23 nitrogen and oxygen atoms in total. The smallest absolute Gasteiger partial charge is 0.326 e. The number of imidazole rings is 1. The minimum absolute atomic E-state index is 0.0201. The Kier molecular flexibility index (Phi) is 20.1. The van der Waals surface area contributed by atoms with Crippen LogP contribution in [0.15, 0.2) is 72.1 Å². The molecule has 388 valence electrons. The second kappa shape index (κ2) is 26.5. The molecule has 3 fully saturated rings. The summed E-state index contributed by atoms with van der Waals surface area (Å²) in [5.74, 6) is -5.35. The highest BCUT2D eigenvalue weighted by atomic mass is 33.1. The maximum absolute atomic E-state index is 14.6. The number of aromatic amines is 1. The van der Waals surface area contributed by atoms with Crippen molar-refractivity contribution in [2.45, 2.75) is 105 Å². The minimum atomic E-state index is -1.30. The van der Waals surface area contributed by atoms with E-state index in [2.05, 4.69) is 46.9 Å². The van der Waals surface area contributed by atoms with Crippen molar-refractivity contribution < 1.29 is 48.6 Å². The highest BCUT2D eigenvalue weighted by molar-refractivity contribution is 8.76. The number of carbonyl (C=O) groups excluding carboxylic acids is 7. The molecule has 7 amide bonds. The van der Waals surface area contributed by atoms with Crippen molar-refractivity contribution in [1.29, 1.82) is 0 Å². The largest absolute Gasteiger partial charge is 0.508 e. The van der Waals surface area contributed by atoms with E-state index in [4.69, 9.17) is 11.5 Å². The van der Waals surface area contributed by atoms with Crippen molar-refractivity contribution in [2.75, 3.05) is 39.0 Å². The van der Waals surface area contributed by atoms with Gasteiger partial charge in [-0.05, 0) is 68.8 Å². The molecule has 6 rings (SSSR count). The number of hydrogen-bond donors (Lipinski definition) is 11. The minimum Gasteiger partial charge on any atom is -0.508 e. The van der Waals surface area contributed by atoms with Gasteiger partial charge in [-0.2, -0.15) is 0 Å². The Hall–Kier alpha value is -6.86. The van der Waals surface area contributed by atoms with Gasteiger partial charge >= 0.3 is 5.97 Å². The average molecular weight is 1030 g/mol. The van der Waals surface area contributed by atoms with Gasteiger partial charge in [0.1, 0.15) is 48.0 Å². The molecule has 0 spiro atoms. The highest BCUT2D eigenvalue weighted by Crippen LogP contribution is 2.37. The van der Waals surface area contributed by atoms with E-state index in [0.717, 1.165) is 0 Å². The molecular weight excluding hydrogens is 971 g/mol. The number of carboxylic acids is 1. The number of likely N-dealkylation sites (tertiary alicyclic amines) is 2. The van der Waals surface area contributed by atoms with Crippen molar-refractivity contribution >= 4 is 74.9 Å². The first kappa shape index (κ1) is 54.5. The van der Waals surface area contributed by atoms with Crippen molar-refractivity contribution in [1.82, 2.24) is 51.7 Å². The van der Waals surface area contributed by atoms with Crippen molar-refractivity contribution in [3.8, 4) is 5.75 Å². The summed E-state index contributed by atoms with van der Waals surface area (Å²) in [7, 11) is 4.39. The molecule has 25 heteroatoms. The summed E-state index contributed by atoms with van der Waals surface area (Å²) >= 11 is 0. The van der Waals surface area contributed by atoms with E-state index in [1.165, 1.54) is 56.0 Å². The van der Waals surface area contributed by atoms with E-state index in [1.54, 1.807) is 49.5 Å². The number of likely N-dealkylation sites (N-methyl/N-ethyl adjacent to an activating group) is 1. The van der Waals surface area contributed by atoms with Crippen LogP contribution in [-0.4, -0.2) is 170 Å². The molecular formula is C47H63N13O10S2. The number of nitrogens with one attached hydrogen (secondary N) is 7. The zero-order valence-corrected chi connectivity index (χ0v) is 41.4. The number of phenolic OH excluding ortho intramolecular Hbond substituents is 1. The fraction of sp³-hybridized carbons (Fsp3) is 0.489. The molecule has 3 aromatic rings. The normalized spacial score (nSPS) is 21.5. The third-order valence-corrected chi connectivity index (χ3v) is 15.3. The van der Waals surface area contributed by atoms with Crippen LogP contribution in [0.5, 0.6) is 5.75 Å². The number of phenols is 1. The van der Waals surface area contributed by atoms with Crippen LogP contribution in [0.4, 0.5) is 0 Å². The summed E-state index contributed by atoms with van der Waals surface area (Å²) < 4.78 is 0. The van der Waals surface area contributed by atoms with E-state index in [9.17, 15) is 48.6 Å². The molecule has 1 unspecified atom stereocenters. The van der Waals surface area contributed by atoms with E-state index in [1.807, 2.05) is 0 Å². The number of guanidine groups is 1. The molecule has 8 atom stereocenters. The Morgan fingerprint density at radius 1 is 0.875 bits per heavy atom. The predicted molar refractivity (Wildman–Crippen MR) is 269 cm³/mol. The van der Waals surface area contributed by atoms with Crippen LogP contribution in [0.3, 0.4) is 0 Å². The number of aliphatic carboxylic acids is 1. The fourth-order valence-electron chi connectivity index (χ4n) is 8.83. The number of nitrogens with two attached hydrogens (primary N) is 2. The van der Waals surface area contributed by atoms with Crippen LogP contribution >= 0.6 is 21.6 Å². The predicted octanol–water partition coefficient (Wildman–Crippen LogP) is -1.33. The number of amides is 7. The Morgan fingerprint density at radius 2 is 1.61 bits per heavy atom. The number of aromatic hydroxyl groups is 1. The lowest BCUT2D eigenvalue weighted by molar-refractivity contribution is -0.145. The molecule has 0 saturated carbocycles. The molecule has 13 N–H and O–H groups in total. The van der Waals surface area contributed by atoms with Crippen molar-refractivity contribution in [3.63, 3.8) is 0 Å². The average Bonchev–Trinajstić information content (AvgIpc) is 4.16. The van der Waals surface area contributed by atoms with Gasteiger partial charge in [-0.3, -0.25) is 38.6 Å². The Balaban J connectivity index is 1.22. The molecule has 0 aliphatic carbocycles. The highest BCUT2D eigenvalue weighted by Gasteiger charge is 2.44. The van der Waals surface area contributed by atoms with E-state index in [0.29, 0.717) is 35.4 Å². The van der Waals surface area contributed by atoms with Crippen LogP contribution in [0.1, 0.15) is 55.3 Å². The topological polar surface area (TPSA) is 349 Å². The number of aliphatic imine (C=N–C) groups is 1. The quantitative estimate of drug-likeness (QED) is 0.0270. The first-order chi connectivity index (χ1) is 34.6. The number of hydrogen-bond acceptors (Lipinski definition) is 14. The summed E-state index contributed by atoms with van der Waals surface area (Å²) in [5, 5.41) is 36.4. The molecule has 2 aromatic carbocycles. The van der Waals surface area contributed by atoms with E-state index in [-0.39, 0.29) is 88.1 Å². The van der Waals surface area contributed by atoms with Gasteiger partial charge in [-0.25, -0.2) is 9.78 Å². The lowest BCUT2D eigenvalue weighted by atomic mass is 10.0. The molecule has 1 aromatic heterocycles. The van der Waals surface area contributed by atoms with Crippen LogP contribution < -0.4 is 43.4 Å². The van der Waals surface area contributed by atoms with Gasteiger partial charge < -0.3 is 68.4 Å². The number of rotatable bonds is 20. The molecule has 2 bridgehead atoms. The summed E-state index contributed by atoms with van der Waals surface area (Å²) in [6.45, 7) is 0.433. The van der Waals surface area contributed by atoms with Crippen LogP contribution in [0, 0.1) is 0 Å². The maximum atomic E-state index is 14.6. The summed E-state index contributed by atoms with van der Waals surface area (Å²) in [5.41, 5.74) is 12.7. The maximum Gasteiger partial charge on any atom is 0.326 e. The molecule has 72 heavy (non-hydrogen) atoms. The summed E-state index contributed by atoms with van der Waals surface area (Å²) in [6.07, 6.45) is 4.27. The molecule has 0 radical (unpaired) electrons. The van der Waals surface area contributed by atoms with E-state index < -0.39 is 89.6 Å². The fourth-order valence-corrected chi connectivity index (χ4v) is 11.5. The third-order valence-electron chi connectivity index (χ3n) is 12.4. The molecule has 3 aliphatic rings. The van der Waals surface area contributed by atoms with Gasteiger partial charge in [0.05, 0.1) is 12.9 Å². The van der Waals surface area contributed by atoms with Crippen molar-refractivity contribution in [3.05, 3.63) is 83.9 Å². The number of nitrogens with zero attached hydrogens (tertiary/aromatic N) is 4. The number of fused-ring (bicyclic) bond motifs is 2. The van der Waals surface area contributed by atoms with Gasteiger partial charge in [-0.1, -0.05) is 64.1 Å². The number of carboxylic acid groups (broad SMARTS) is 1. The standard InChI is InChI=1S/C47H63N13O10S2/c1-50-24-39(62)54-33(9-5-16-52-47(48)49)44(67)60-25-31-22-38(60)43(66)56-34(19-28-11-13-30(61)14-12-28)41(64)55-32(15-18-71-72-31)40(63)57-35(21-29-23-51-26-53-29)45(68)59-17-6-10-37(59)42(65)58-36(46(69)70)20-27-7-3-2-4-8-27/h2-4,7-8,11-14,23,26,31-38,50,61H,5-6,9-10,15-22,24-25H2,1H3,(H,51,53)(H,54,62)(H,55,64)(H,56,66)(H,57,63)(H,58,65)(H,69,70)(H4,48,49,52)/t31-,32+,33+,34+,35+,36?,37+,38+/m1/s1. The van der Waals surface area contributed by atoms with Crippen LogP contribution in [-0.2, 0) is 57.6 Å². The van der Waals surface area contributed by atoms with Gasteiger partial charge in [0.2, 0.25) is 41.4 Å². The second-order valence-corrected chi connectivity index (χ2v) is 20.6. The summed E-state index contributed by atoms with van der Waals surface area (Å²) in [6, 6.07) is 6.69. The lowest BCUT2D eigenvalue weighted by Gasteiger charge is -2.31. The van der Waals surface area contributed by atoms with Crippen molar-refractivity contribution in [2.24, 2.45) is 16.5 Å². The number of carbonyl (C=O) groups is 8. The first-order valence-electron chi connectivity index (χ1n) is 23.7. The summed E-state index contributed by atoms with van der Waals surface area (Å²) in [4.78, 5) is 125. The number of H-pyrrole nitrogens is 1. The number of aromatic nitrogens is 2. The van der Waals surface area contributed by atoms with Gasteiger partial charge in [0.25, 0.3) is 0 Å². The SMILES string of the molecule is CNCC(=O)N[C@@H](CCCN=C(N)N)C(=O)N1C[C@H]2C[C@H]1C(=O)N[C@@H](Cc1ccc(O)cc1)C(=O)N[C@H](C(=O)N[C@@H](Cc1cnc[nH]1)C(=O)N1CCC[C@H]1C(=O)NC(Cc1ccccc1)C(=O)O)CCSS2. The van der Waals surface area contributed by atoms with Gasteiger partial charge in [0, 0.05) is 61.8 Å². The lowest BCUT2D eigenvalue weighted by Crippen LogP contribution is -2.60. The molecule has 3 saturated heterocycles. The Morgan fingerprint density at radius 3 is 2.31 bits per heavy atom. The van der Waals surface area contributed by atoms with Gasteiger partial charge in [0.15, 0.2) is 5.96 Å². The Labute approximate surface area is 424 Å². The Bertz CT molecular complexity index is 2390. The monoisotopic (exact) mass is 1030 g/mol. The zero-order valence-electron chi connectivity index (χ0n) is 39.8. The molecule has 4 heterocycles. The van der Waals surface area contributed by atoms with E-state index >= 15 is 0 Å². The second-order valence-electron chi connectivity index (χ2n) is 17.8. The number of benzene rings is 2. The third kappa shape index (κ3) is 15.6. The zero-order chi connectivity index (χ0) is 51.7. The van der Waals surface area contributed by atoms with Crippen LogP contribution in [0.25, 0.3) is 0 Å². The van der Waals surface area contributed by atoms with Crippen LogP contribution in [0.2, 0.25) is 0 Å². The first-order valence-corrected chi connectivity index (χ1v) is 26.1.